The summed E-state index contributed by atoms with van der Waals surface area (Å²) < 4.78 is 12.9. The van der Waals surface area contributed by atoms with Gasteiger partial charge in [0.2, 0.25) is 0 Å². The molecule has 1 aromatic rings. The molecule has 0 aliphatic carbocycles. The second-order valence-electron chi connectivity index (χ2n) is 2.93. The van der Waals surface area contributed by atoms with Gasteiger partial charge in [-0.25, -0.2) is 4.39 Å². The van der Waals surface area contributed by atoms with E-state index < -0.39 is 16.8 Å². The Morgan fingerprint density at radius 3 is 2.87 bits per heavy atom. The summed E-state index contributed by atoms with van der Waals surface area (Å²) in [5, 5.41) is 19.0. The first-order chi connectivity index (χ1) is 7.06. The van der Waals surface area contributed by atoms with Crippen LogP contribution in [0.2, 0.25) is 0 Å². The Labute approximate surface area is 85.1 Å². The predicted molar refractivity (Wildman–Crippen MR) is 50.2 cm³/mol. The summed E-state index contributed by atoms with van der Waals surface area (Å²) in [6.45, 7) is 0. The molecule has 1 aromatic carbocycles. The second-order valence-corrected chi connectivity index (χ2v) is 2.93. The summed E-state index contributed by atoms with van der Waals surface area (Å²) in [5.41, 5.74) is 5.30. The Morgan fingerprint density at radius 1 is 1.67 bits per heavy atom. The van der Waals surface area contributed by atoms with Crippen molar-refractivity contribution in [2.75, 3.05) is 0 Å². The van der Waals surface area contributed by atoms with E-state index >= 15 is 0 Å². The highest BCUT2D eigenvalue weighted by molar-refractivity contribution is 5.42. The fraction of sp³-hybridized carbons (Fsp3) is 0.222. The van der Waals surface area contributed by atoms with Gasteiger partial charge >= 0.3 is 0 Å². The van der Waals surface area contributed by atoms with Gasteiger partial charge in [0.25, 0.3) is 5.69 Å². The molecule has 0 bridgehead atoms. The van der Waals surface area contributed by atoms with E-state index in [1.54, 1.807) is 6.07 Å². The first kappa shape index (κ1) is 11.1. The molecule has 0 aromatic heterocycles. The summed E-state index contributed by atoms with van der Waals surface area (Å²) in [5.74, 6) is -0.607. The molecule has 78 valence electrons. The summed E-state index contributed by atoms with van der Waals surface area (Å²) in [7, 11) is 0. The molecule has 0 spiro atoms. The van der Waals surface area contributed by atoms with Gasteiger partial charge in [0.05, 0.1) is 23.0 Å². The Hall–Kier alpha value is -2.00. The van der Waals surface area contributed by atoms with Crippen LogP contribution < -0.4 is 5.73 Å². The van der Waals surface area contributed by atoms with E-state index in [1.807, 2.05) is 0 Å². The smallest absolute Gasteiger partial charge is 0.274 e. The van der Waals surface area contributed by atoms with Crippen LogP contribution >= 0.6 is 0 Å². The maximum Gasteiger partial charge on any atom is 0.274 e. The topological polar surface area (TPSA) is 93.0 Å². The summed E-state index contributed by atoms with van der Waals surface area (Å²) >= 11 is 0. The molecule has 0 aliphatic rings. The third kappa shape index (κ3) is 2.48. The van der Waals surface area contributed by atoms with Crippen LogP contribution in [0.25, 0.3) is 0 Å². The van der Waals surface area contributed by atoms with Crippen LogP contribution in [0.15, 0.2) is 18.2 Å². The highest BCUT2D eigenvalue weighted by Crippen LogP contribution is 2.26. The molecular weight excluding hydrogens is 201 g/mol. The van der Waals surface area contributed by atoms with E-state index in [0.29, 0.717) is 0 Å². The number of nitriles is 1. The zero-order valence-electron chi connectivity index (χ0n) is 7.68. The van der Waals surface area contributed by atoms with E-state index in [4.69, 9.17) is 11.0 Å². The van der Waals surface area contributed by atoms with Crippen LogP contribution in [-0.2, 0) is 0 Å². The lowest BCUT2D eigenvalue weighted by Crippen LogP contribution is -2.12. The van der Waals surface area contributed by atoms with Crippen LogP contribution in [0.4, 0.5) is 10.1 Å². The predicted octanol–water partition coefficient (Wildman–Crippen LogP) is 1.65. The molecular formula is C9H8FN3O2. The Kier molecular flexibility index (Phi) is 3.31. The van der Waals surface area contributed by atoms with Crippen molar-refractivity contribution in [1.29, 1.82) is 5.26 Å². The maximum atomic E-state index is 12.9. The minimum atomic E-state index is -0.842. The van der Waals surface area contributed by atoms with Crippen LogP contribution in [0.1, 0.15) is 18.0 Å². The number of nitrogens with zero attached hydrogens (tertiary/aromatic N) is 2. The lowest BCUT2D eigenvalue weighted by molar-refractivity contribution is -0.385. The van der Waals surface area contributed by atoms with Crippen LogP contribution in [0.5, 0.6) is 0 Å². The largest absolute Gasteiger partial charge is 0.323 e. The van der Waals surface area contributed by atoms with Crippen molar-refractivity contribution < 1.29 is 9.31 Å². The standard InChI is InChI=1S/C9H8FN3O2/c10-6-1-2-9(13(14)15)7(5-6)8(12)3-4-11/h1-2,5,8H,3,12H2/t8-/m0/s1. The number of nitro groups is 1. The number of nitrogens with two attached hydrogens (primary N) is 1. The molecule has 0 saturated heterocycles. The lowest BCUT2D eigenvalue weighted by atomic mass is 10.0. The lowest BCUT2D eigenvalue weighted by Gasteiger charge is -2.08. The average molecular weight is 209 g/mol. The zero-order valence-corrected chi connectivity index (χ0v) is 7.68. The second kappa shape index (κ2) is 4.48. The normalized spacial score (nSPS) is 11.8. The number of rotatable bonds is 3. The van der Waals surface area contributed by atoms with E-state index in [-0.39, 0.29) is 17.7 Å². The van der Waals surface area contributed by atoms with Gasteiger partial charge in [0, 0.05) is 12.1 Å². The number of hydrogen-bond acceptors (Lipinski definition) is 4. The van der Waals surface area contributed by atoms with E-state index in [9.17, 15) is 14.5 Å². The Bertz CT molecular complexity index is 428. The van der Waals surface area contributed by atoms with Crippen LogP contribution in [0.3, 0.4) is 0 Å². The fourth-order valence-electron chi connectivity index (χ4n) is 1.20. The number of hydrogen-bond donors (Lipinski definition) is 1. The number of benzene rings is 1. The van der Waals surface area contributed by atoms with E-state index in [0.717, 1.165) is 18.2 Å². The summed E-state index contributed by atoms with van der Waals surface area (Å²) in [4.78, 5) is 9.94. The molecule has 2 N–H and O–H groups in total. The molecule has 0 aliphatic heterocycles. The molecule has 0 radical (unpaired) electrons. The van der Waals surface area contributed by atoms with Crippen molar-refractivity contribution in [2.45, 2.75) is 12.5 Å². The fourth-order valence-corrected chi connectivity index (χ4v) is 1.20. The molecule has 0 heterocycles. The molecule has 0 fully saturated rings. The van der Waals surface area contributed by atoms with Crippen LogP contribution in [0, 0.1) is 27.3 Å². The van der Waals surface area contributed by atoms with Crippen molar-refractivity contribution in [2.24, 2.45) is 5.73 Å². The first-order valence-corrected chi connectivity index (χ1v) is 4.12. The molecule has 15 heavy (non-hydrogen) atoms. The van der Waals surface area contributed by atoms with E-state index in [1.165, 1.54) is 0 Å². The van der Waals surface area contributed by atoms with Crippen molar-refractivity contribution >= 4 is 5.69 Å². The number of nitro benzene ring substituents is 1. The molecule has 0 unspecified atom stereocenters. The molecule has 5 nitrogen and oxygen atoms in total. The van der Waals surface area contributed by atoms with Gasteiger partial charge in [-0.2, -0.15) is 5.26 Å². The SMILES string of the molecule is N#CC[C@H](N)c1cc(F)ccc1[N+](=O)[O-]. The number of halogens is 1. The highest BCUT2D eigenvalue weighted by atomic mass is 19.1. The van der Waals surface area contributed by atoms with Gasteiger partial charge in [0.15, 0.2) is 0 Å². The van der Waals surface area contributed by atoms with Crippen molar-refractivity contribution in [1.82, 2.24) is 0 Å². The highest BCUT2D eigenvalue weighted by Gasteiger charge is 2.19. The van der Waals surface area contributed by atoms with Gasteiger partial charge in [-0.15, -0.1) is 0 Å². The van der Waals surface area contributed by atoms with Gasteiger partial charge < -0.3 is 5.73 Å². The van der Waals surface area contributed by atoms with Gasteiger partial charge in [-0.05, 0) is 12.1 Å². The maximum absolute atomic E-state index is 12.9. The molecule has 0 amide bonds. The Morgan fingerprint density at radius 2 is 2.33 bits per heavy atom. The third-order valence-electron chi connectivity index (χ3n) is 1.90. The molecule has 0 saturated carbocycles. The monoisotopic (exact) mass is 209 g/mol. The quantitative estimate of drug-likeness (QED) is 0.604. The minimum Gasteiger partial charge on any atom is -0.323 e. The third-order valence-corrected chi connectivity index (χ3v) is 1.90. The van der Waals surface area contributed by atoms with Crippen molar-refractivity contribution in [3.63, 3.8) is 0 Å². The molecule has 1 atom stereocenters. The van der Waals surface area contributed by atoms with Gasteiger partial charge in [-0.3, -0.25) is 10.1 Å². The zero-order chi connectivity index (χ0) is 11.4. The Balaban J connectivity index is 3.19. The van der Waals surface area contributed by atoms with Crippen molar-refractivity contribution in [3.05, 3.63) is 39.7 Å². The summed E-state index contributed by atoms with van der Waals surface area (Å²) in [6.07, 6.45) is -0.0930. The summed E-state index contributed by atoms with van der Waals surface area (Å²) in [6, 6.07) is 3.96. The molecule has 6 heteroatoms. The minimum absolute atomic E-state index is 0.0431. The molecule has 1 rings (SSSR count). The van der Waals surface area contributed by atoms with E-state index in [2.05, 4.69) is 0 Å². The first-order valence-electron chi connectivity index (χ1n) is 4.12. The van der Waals surface area contributed by atoms with Gasteiger partial charge in [0.1, 0.15) is 5.82 Å². The van der Waals surface area contributed by atoms with Crippen molar-refractivity contribution in [3.8, 4) is 6.07 Å². The van der Waals surface area contributed by atoms with Crippen LogP contribution in [-0.4, -0.2) is 4.92 Å². The van der Waals surface area contributed by atoms with Gasteiger partial charge in [-0.1, -0.05) is 0 Å². The average Bonchev–Trinajstić information content (AvgIpc) is 2.17.